The highest BCUT2D eigenvalue weighted by atomic mass is 16.3. The number of nitrogens with one attached hydrogen (secondary N) is 2. The Morgan fingerprint density at radius 2 is 1.86 bits per heavy atom. The Bertz CT molecular complexity index is 723. The lowest BCUT2D eigenvalue weighted by molar-refractivity contribution is -0.120. The number of aromatic hydroxyl groups is 1. The molecule has 0 fully saturated rings. The molecule has 5 nitrogen and oxygen atoms in total. The molecule has 112 valence electrons. The van der Waals surface area contributed by atoms with Crippen LogP contribution in [0.4, 0.5) is 5.69 Å². The quantitative estimate of drug-likeness (QED) is 0.804. The molecule has 0 bridgehead atoms. The van der Waals surface area contributed by atoms with Gasteiger partial charge in [-0.05, 0) is 34.9 Å². The number of hydrogen-bond acceptors (Lipinski definition) is 3. The summed E-state index contributed by atoms with van der Waals surface area (Å²) in [7, 11) is 0. The van der Waals surface area contributed by atoms with Crippen LogP contribution in [0.2, 0.25) is 0 Å². The number of carbonyl (C=O) groups excluding carboxylic acids is 2. The summed E-state index contributed by atoms with van der Waals surface area (Å²) < 4.78 is 0. The molecule has 0 aromatic heterocycles. The Labute approximate surface area is 128 Å². The van der Waals surface area contributed by atoms with Gasteiger partial charge in [-0.25, -0.2) is 0 Å². The fraction of sp³-hybridized carbons (Fsp3) is 0.176. The average Bonchev–Trinajstić information content (AvgIpc) is 2.87. The molecule has 1 heterocycles. The van der Waals surface area contributed by atoms with Gasteiger partial charge in [0.15, 0.2) is 0 Å². The summed E-state index contributed by atoms with van der Waals surface area (Å²) in [4.78, 5) is 23.2. The molecule has 5 heteroatoms. The van der Waals surface area contributed by atoms with E-state index in [0.717, 1.165) is 22.4 Å². The summed E-state index contributed by atoms with van der Waals surface area (Å²) >= 11 is 0. The first-order valence-electron chi connectivity index (χ1n) is 7.06. The van der Waals surface area contributed by atoms with E-state index < -0.39 is 0 Å². The van der Waals surface area contributed by atoms with E-state index in [1.165, 1.54) is 0 Å². The van der Waals surface area contributed by atoms with Crippen molar-refractivity contribution in [3.8, 4) is 5.75 Å². The molecular formula is C17H16N2O3. The minimum atomic E-state index is -0.0830. The highest BCUT2D eigenvalue weighted by molar-refractivity contribution is 5.99. The van der Waals surface area contributed by atoms with Gasteiger partial charge in [-0.2, -0.15) is 0 Å². The first kappa shape index (κ1) is 14.1. The second kappa shape index (κ2) is 5.89. The molecule has 2 amide bonds. The maximum absolute atomic E-state index is 11.9. The van der Waals surface area contributed by atoms with Gasteiger partial charge in [0.05, 0.1) is 12.8 Å². The lowest BCUT2D eigenvalue weighted by Gasteiger charge is -2.07. The predicted molar refractivity (Wildman–Crippen MR) is 82.4 cm³/mol. The molecule has 0 saturated carbocycles. The normalized spacial score (nSPS) is 12.6. The molecule has 0 unspecified atom stereocenters. The second-order valence-electron chi connectivity index (χ2n) is 5.34. The van der Waals surface area contributed by atoms with Crippen LogP contribution in [-0.4, -0.2) is 16.9 Å². The van der Waals surface area contributed by atoms with Crippen molar-refractivity contribution in [1.29, 1.82) is 0 Å². The van der Waals surface area contributed by atoms with Crippen molar-refractivity contribution in [1.82, 2.24) is 5.32 Å². The lowest BCUT2D eigenvalue weighted by atomic mass is 10.1. The zero-order valence-corrected chi connectivity index (χ0v) is 11.9. The van der Waals surface area contributed by atoms with Gasteiger partial charge in [0.2, 0.25) is 11.8 Å². The van der Waals surface area contributed by atoms with E-state index >= 15 is 0 Å². The van der Waals surface area contributed by atoms with E-state index in [-0.39, 0.29) is 24.0 Å². The summed E-state index contributed by atoms with van der Waals surface area (Å²) in [5, 5.41) is 14.8. The summed E-state index contributed by atoms with van der Waals surface area (Å²) in [5.41, 5.74) is 3.63. The van der Waals surface area contributed by atoms with Crippen LogP contribution >= 0.6 is 0 Å². The number of carbonyl (C=O) groups is 2. The minimum Gasteiger partial charge on any atom is -0.508 e. The first-order valence-corrected chi connectivity index (χ1v) is 7.06. The van der Waals surface area contributed by atoms with Crippen molar-refractivity contribution < 1.29 is 14.7 Å². The molecule has 22 heavy (non-hydrogen) atoms. The van der Waals surface area contributed by atoms with Gasteiger partial charge in [0.25, 0.3) is 0 Å². The Balaban J connectivity index is 1.56. The maximum atomic E-state index is 11.9. The topological polar surface area (TPSA) is 78.4 Å². The first-order chi connectivity index (χ1) is 10.6. The number of phenolic OH excluding ortho intramolecular Hbond substituents is 1. The third kappa shape index (κ3) is 3.25. The molecule has 0 atom stereocenters. The van der Waals surface area contributed by atoms with Gasteiger partial charge >= 0.3 is 0 Å². The van der Waals surface area contributed by atoms with Crippen molar-refractivity contribution in [2.75, 3.05) is 5.32 Å². The number of fused-ring (bicyclic) bond motifs is 1. The number of anilines is 1. The average molecular weight is 296 g/mol. The minimum absolute atomic E-state index is 0.00326. The summed E-state index contributed by atoms with van der Waals surface area (Å²) in [6.45, 7) is 0.429. The zero-order valence-electron chi connectivity index (χ0n) is 11.9. The van der Waals surface area contributed by atoms with Crippen molar-refractivity contribution in [3.05, 3.63) is 59.2 Å². The van der Waals surface area contributed by atoms with Crippen LogP contribution in [0.1, 0.15) is 16.7 Å². The van der Waals surface area contributed by atoms with Crippen LogP contribution in [0.15, 0.2) is 42.5 Å². The van der Waals surface area contributed by atoms with Gasteiger partial charge < -0.3 is 15.7 Å². The fourth-order valence-corrected chi connectivity index (χ4v) is 2.45. The van der Waals surface area contributed by atoms with Crippen LogP contribution in [0.25, 0.3) is 0 Å². The van der Waals surface area contributed by atoms with E-state index in [1.807, 2.05) is 18.2 Å². The molecule has 3 rings (SSSR count). The highest BCUT2D eigenvalue weighted by Gasteiger charge is 2.17. The predicted octanol–water partition coefficient (Wildman–Crippen LogP) is 1.75. The molecule has 1 aliphatic heterocycles. The number of rotatable bonds is 4. The molecule has 3 N–H and O–H groups in total. The van der Waals surface area contributed by atoms with Gasteiger partial charge in [-0.3, -0.25) is 9.59 Å². The van der Waals surface area contributed by atoms with Gasteiger partial charge in [-0.1, -0.05) is 24.3 Å². The van der Waals surface area contributed by atoms with Crippen molar-refractivity contribution in [2.24, 2.45) is 0 Å². The standard InChI is InChI=1S/C17H16N2O3/c20-14-4-1-11(2-5-14)8-16(21)18-10-12-3-6-15-13(7-12)9-17(22)19-15/h1-7,20H,8-10H2,(H,18,21)(H,19,22). The van der Waals surface area contributed by atoms with Gasteiger partial charge in [0.1, 0.15) is 5.75 Å². The second-order valence-corrected chi connectivity index (χ2v) is 5.34. The fourth-order valence-electron chi connectivity index (χ4n) is 2.45. The van der Waals surface area contributed by atoms with Crippen LogP contribution in [0.5, 0.6) is 5.75 Å². The van der Waals surface area contributed by atoms with Crippen LogP contribution in [-0.2, 0) is 29.0 Å². The van der Waals surface area contributed by atoms with Gasteiger partial charge in [-0.15, -0.1) is 0 Å². The third-order valence-electron chi connectivity index (χ3n) is 3.59. The molecular weight excluding hydrogens is 280 g/mol. The lowest BCUT2D eigenvalue weighted by Crippen LogP contribution is -2.24. The SMILES string of the molecule is O=C(Cc1ccc(O)cc1)NCc1ccc2c(c1)CC(=O)N2. The van der Waals surface area contributed by atoms with Crippen molar-refractivity contribution in [3.63, 3.8) is 0 Å². The molecule has 2 aromatic carbocycles. The molecule has 1 aliphatic rings. The number of amides is 2. The van der Waals surface area contributed by atoms with E-state index in [9.17, 15) is 14.7 Å². The summed E-state index contributed by atoms with van der Waals surface area (Å²) in [6.07, 6.45) is 0.663. The zero-order chi connectivity index (χ0) is 15.5. The van der Waals surface area contributed by atoms with E-state index in [2.05, 4.69) is 10.6 Å². The molecule has 0 spiro atoms. The van der Waals surface area contributed by atoms with Crippen LogP contribution in [0, 0.1) is 0 Å². The summed E-state index contributed by atoms with van der Waals surface area (Å²) in [5.74, 6) is 0.106. The Morgan fingerprint density at radius 3 is 2.64 bits per heavy atom. The number of benzene rings is 2. The van der Waals surface area contributed by atoms with Crippen molar-refractivity contribution >= 4 is 17.5 Å². The van der Waals surface area contributed by atoms with Crippen molar-refractivity contribution in [2.45, 2.75) is 19.4 Å². The highest BCUT2D eigenvalue weighted by Crippen LogP contribution is 2.23. The van der Waals surface area contributed by atoms with Crippen LogP contribution in [0.3, 0.4) is 0 Å². The van der Waals surface area contributed by atoms with Gasteiger partial charge in [0, 0.05) is 12.2 Å². The number of phenols is 1. The Hall–Kier alpha value is -2.82. The smallest absolute Gasteiger partial charge is 0.228 e. The monoisotopic (exact) mass is 296 g/mol. The maximum Gasteiger partial charge on any atom is 0.228 e. The Morgan fingerprint density at radius 1 is 1.14 bits per heavy atom. The van der Waals surface area contributed by atoms with E-state index in [0.29, 0.717) is 13.0 Å². The van der Waals surface area contributed by atoms with E-state index in [1.54, 1.807) is 24.3 Å². The number of hydrogen-bond donors (Lipinski definition) is 3. The molecule has 0 radical (unpaired) electrons. The molecule has 0 aliphatic carbocycles. The third-order valence-corrected chi connectivity index (χ3v) is 3.59. The largest absolute Gasteiger partial charge is 0.508 e. The molecule has 0 saturated heterocycles. The van der Waals surface area contributed by atoms with Crippen LogP contribution < -0.4 is 10.6 Å². The Kier molecular flexibility index (Phi) is 3.78. The van der Waals surface area contributed by atoms with E-state index in [4.69, 9.17) is 0 Å². The molecule has 2 aromatic rings. The summed E-state index contributed by atoms with van der Waals surface area (Å²) in [6, 6.07) is 12.3.